The smallest absolute Gasteiger partial charge is 0.277 e. The molecule has 2 rings (SSSR count). The fourth-order valence-electron chi connectivity index (χ4n) is 2.21. The molecule has 0 saturated heterocycles. The summed E-state index contributed by atoms with van der Waals surface area (Å²) in [7, 11) is 0. The zero-order valence-corrected chi connectivity index (χ0v) is 8.62. The summed E-state index contributed by atoms with van der Waals surface area (Å²) in [5, 5.41) is 10.7. The summed E-state index contributed by atoms with van der Waals surface area (Å²) >= 11 is 0. The highest BCUT2D eigenvalue weighted by Gasteiger charge is 2.58. The molecule has 0 radical (unpaired) electrons. The quantitative estimate of drug-likeness (QED) is 0.643. The first kappa shape index (κ1) is 11.8. The van der Waals surface area contributed by atoms with E-state index in [1.165, 1.54) is 0 Å². The summed E-state index contributed by atoms with van der Waals surface area (Å²) < 4.78 is 39.2. The van der Waals surface area contributed by atoms with Crippen molar-refractivity contribution >= 4 is 5.69 Å². The fourth-order valence-corrected chi connectivity index (χ4v) is 2.21. The number of nitrogens with zero attached hydrogens (tertiary/aromatic N) is 1. The van der Waals surface area contributed by atoms with Gasteiger partial charge in [-0.05, 0) is 6.07 Å². The van der Waals surface area contributed by atoms with Crippen LogP contribution in [-0.2, 0) is 5.54 Å². The zero-order valence-electron chi connectivity index (χ0n) is 8.62. The van der Waals surface area contributed by atoms with Crippen LogP contribution in [0.5, 0.6) is 0 Å². The van der Waals surface area contributed by atoms with Gasteiger partial charge in [-0.3, -0.25) is 10.1 Å². The van der Waals surface area contributed by atoms with Crippen molar-refractivity contribution in [1.29, 1.82) is 0 Å². The van der Waals surface area contributed by atoms with Crippen molar-refractivity contribution in [3.63, 3.8) is 0 Å². The Kier molecular flexibility index (Phi) is 2.39. The molecule has 1 fully saturated rings. The van der Waals surface area contributed by atoms with Crippen LogP contribution in [-0.4, -0.2) is 10.8 Å². The second-order valence-electron chi connectivity index (χ2n) is 4.26. The largest absolute Gasteiger partial charge is 0.321 e. The lowest BCUT2D eigenvalue weighted by molar-refractivity contribution is -0.386. The summed E-state index contributed by atoms with van der Waals surface area (Å²) in [6.07, 6.45) is -1.55. The van der Waals surface area contributed by atoms with Crippen LogP contribution in [0.4, 0.5) is 18.9 Å². The normalized spacial score (nSPS) is 20.7. The van der Waals surface area contributed by atoms with Gasteiger partial charge >= 0.3 is 0 Å². The van der Waals surface area contributed by atoms with Crippen molar-refractivity contribution in [2.45, 2.75) is 24.3 Å². The predicted molar refractivity (Wildman–Crippen MR) is 53.1 cm³/mol. The molecule has 1 aliphatic carbocycles. The summed E-state index contributed by atoms with van der Waals surface area (Å²) in [4.78, 5) is 9.90. The molecule has 1 aromatic rings. The first-order valence-corrected chi connectivity index (χ1v) is 4.85. The number of alkyl halides is 2. The standard InChI is InChI=1S/C10H9F3N2O2/c11-6-2-1-3-7(15(16)17)8(6)9(14)4-10(12,13)5-9/h1-3H,4-5,14H2. The van der Waals surface area contributed by atoms with Gasteiger partial charge in [0.2, 0.25) is 0 Å². The van der Waals surface area contributed by atoms with E-state index < -0.39 is 46.3 Å². The Morgan fingerprint density at radius 3 is 2.41 bits per heavy atom. The molecule has 1 aliphatic rings. The van der Waals surface area contributed by atoms with E-state index in [0.29, 0.717) is 0 Å². The maximum atomic E-state index is 13.5. The van der Waals surface area contributed by atoms with E-state index in [4.69, 9.17) is 5.73 Å². The van der Waals surface area contributed by atoms with Gasteiger partial charge in [-0.15, -0.1) is 0 Å². The van der Waals surface area contributed by atoms with E-state index in [0.717, 1.165) is 18.2 Å². The van der Waals surface area contributed by atoms with Crippen molar-refractivity contribution in [2.24, 2.45) is 5.73 Å². The molecule has 4 nitrogen and oxygen atoms in total. The molecule has 17 heavy (non-hydrogen) atoms. The number of nitro benzene ring substituents is 1. The Labute approximate surface area is 94.4 Å². The number of benzene rings is 1. The van der Waals surface area contributed by atoms with Crippen molar-refractivity contribution in [3.05, 3.63) is 39.7 Å². The van der Waals surface area contributed by atoms with Crippen molar-refractivity contribution < 1.29 is 18.1 Å². The number of halogens is 3. The highest BCUT2D eigenvalue weighted by Crippen LogP contribution is 2.52. The van der Waals surface area contributed by atoms with Crippen molar-refractivity contribution in [1.82, 2.24) is 0 Å². The van der Waals surface area contributed by atoms with Crippen LogP contribution in [0, 0.1) is 15.9 Å². The van der Waals surface area contributed by atoms with Gasteiger partial charge in [-0.2, -0.15) is 0 Å². The van der Waals surface area contributed by atoms with Crippen molar-refractivity contribution in [2.75, 3.05) is 0 Å². The van der Waals surface area contributed by atoms with E-state index >= 15 is 0 Å². The van der Waals surface area contributed by atoms with Crippen LogP contribution in [0.25, 0.3) is 0 Å². The number of hydrogen-bond donors (Lipinski definition) is 1. The van der Waals surface area contributed by atoms with E-state index in [2.05, 4.69) is 0 Å². The van der Waals surface area contributed by atoms with Gasteiger partial charge in [0.1, 0.15) is 5.82 Å². The minimum Gasteiger partial charge on any atom is -0.321 e. The average molecular weight is 246 g/mol. The minimum atomic E-state index is -2.98. The Bertz CT molecular complexity index is 482. The third-order valence-electron chi connectivity index (χ3n) is 2.83. The Balaban J connectivity index is 2.49. The second kappa shape index (κ2) is 3.43. The molecule has 0 atom stereocenters. The fraction of sp³-hybridized carbons (Fsp3) is 0.400. The van der Waals surface area contributed by atoms with E-state index in [9.17, 15) is 23.3 Å². The van der Waals surface area contributed by atoms with Gasteiger partial charge in [0.05, 0.1) is 16.0 Å². The Morgan fingerprint density at radius 1 is 1.35 bits per heavy atom. The lowest BCUT2D eigenvalue weighted by Crippen LogP contribution is -2.56. The van der Waals surface area contributed by atoms with E-state index in [1.54, 1.807) is 0 Å². The topological polar surface area (TPSA) is 69.2 Å². The first-order chi connectivity index (χ1) is 7.75. The maximum absolute atomic E-state index is 13.5. The average Bonchev–Trinajstić information content (AvgIpc) is 2.13. The number of nitrogens with two attached hydrogens (primary N) is 1. The van der Waals surface area contributed by atoms with Gasteiger partial charge in [0, 0.05) is 18.9 Å². The van der Waals surface area contributed by atoms with Gasteiger partial charge in [-0.25, -0.2) is 13.2 Å². The molecule has 1 aromatic carbocycles. The summed E-state index contributed by atoms with van der Waals surface area (Å²) in [5.74, 6) is -3.90. The molecule has 92 valence electrons. The highest BCUT2D eigenvalue weighted by molar-refractivity contribution is 5.47. The van der Waals surface area contributed by atoms with Gasteiger partial charge in [0.15, 0.2) is 0 Å². The third kappa shape index (κ3) is 1.86. The third-order valence-corrected chi connectivity index (χ3v) is 2.83. The van der Waals surface area contributed by atoms with Gasteiger partial charge in [-0.1, -0.05) is 6.07 Å². The van der Waals surface area contributed by atoms with Crippen LogP contribution < -0.4 is 5.73 Å². The molecule has 0 aromatic heterocycles. The molecular weight excluding hydrogens is 237 g/mol. The zero-order chi connectivity index (χ0) is 12.8. The second-order valence-corrected chi connectivity index (χ2v) is 4.26. The molecule has 1 saturated carbocycles. The lowest BCUT2D eigenvalue weighted by Gasteiger charge is -2.44. The van der Waals surface area contributed by atoms with Crippen LogP contribution >= 0.6 is 0 Å². The highest BCUT2D eigenvalue weighted by atomic mass is 19.3. The van der Waals surface area contributed by atoms with E-state index in [-0.39, 0.29) is 0 Å². The molecule has 0 aliphatic heterocycles. The first-order valence-electron chi connectivity index (χ1n) is 4.85. The summed E-state index contributed by atoms with van der Waals surface area (Å²) in [5.41, 5.74) is 2.97. The van der Waals surface area contributed by atoms with Crippen LogP contribution in [0.2, 0.25) is 0 Å². The molecule has 0 bridgehead atoms. The summed E-state index contributed by atoms with van der Waals surface area (Å²) in [6, 6.07) is 3.19. The molecule has 0 unspecified atom stereocenters. The number of rotatable bonds is 2. The number of nitro groups is 1. The lowest BCUT2D eigenvalue weighted by atomic mass is 9.69. The molecule has 7 heteroatoms. The molecule has 0 spiro atoms. The number of hydrogen-bond acceptors (Lipinski definition) is 3. The van der Waals surface area contributed by atoms with Gasteiger partial charge in [0.25, 0.3) is 11.6 Å². The molecule has 0 heterocycles. The molecule has 2 N–H and O–H groups in total. The van der Waals surface area contributed by atoms with Crippen LogP contribution in [0.15, 0.2) is 18.2 Å². The Morgan fingerprint density at radius 2 is 1.94 bits per heavy atom. The van der Waals surface area contributed by atoms with E-state index in [1.807, 2.05) is 0 Å². The monoisotopic (exact) mass is 246 g/mol. The molecule has 0 amide bonds. The van der Waals surface area contributed by atoms with Crippen molar-refractivity contribution in [3.8, 4) is 0 Å². The molecular formula is C10H9F3N2O2. The maximum Gasteiger partial charge on any atom is 0.277 e. The van der Waals surface area contributed by atoms with Crippen LogP contribution in [0.1, 0.15) is 18.4 Å². The van der Waals surface area contributed by atoms with Gasteiger partial charge < -0.3 is 5.73 Å². The minimum absolute atomic E-state index is 0.434. The SMILES string of the molecule is NC1(c2c(F)cccc2[N+](=O)[O-])CC(F)(F)C1. The summed E-state index contributed by atoms with van der Waals surface area (Å²) in [6.45, 7) is 0. The predicted octanol–water partition coefficient (Wildman–Crippen LogP) is 2.32. The van der Waals surface area contributed by atoms with Crippen LogP contribution in [0.3, 0.4) is 0 Å². The Hall–Kier alpha value is -1.63.